The minimum atomic E-state index is -0.598. The zero-order valence-electron chi connectivity index (χ0n) is 17.5. The number of amides is 2. The fourth-order valence-corrected chi connectivity index (χ4v) is 5.70. The van der Waals surface area contributed by atoms with E-state index in [1.54, 1.807) is 21.1 Å². The van der Waals surface area contributed by atoms with Gasteiger partial charge in [0.25, 0.3) is 0 Å². The van der Waals surface area contributed by atoms with E-state index in [1.807, 2.05) is 0 Å². The average molecular weight is 396 g/mol. The molecule has 0 aromatic carbocycles. The summed E-state index contributed by atoms with van der Waals surface area (Å²) in [5.41, 5.74) is 6.35. The lowest BCUT2D eigenvalue weighted by Crippen LogP contribution is -2.55. The molecule has 4 bridgehead atoms. The smallest absolute Gasteiger partial charge is 0.242 e. The molecule has 1 saturated heterocycles. The van der Waals surface area contributed by atoms with Gasteiger partial charge < -0.3 is 25.8 Å². The third kappa shape index (κ3) is 4.69. The molecule has 0 aromatic heterocycles. The van der Waals surface area contributed by atoms with Crippen molar-refractivity contribution in [1.82, 2.24) is 10.6 Å². The Morgan fingerprint density at radius 3 is 2.21 bits per heavy atom. The maximum atomic E-state index is 12.7. The van der Waals surface area contributed by atoms with Crippen LogP contribution < -0.4 is 16.4 Å². The van der Waals surface area contributed by atoms with Gasteiger partial charge in [0.1, 0.15) is 6.04 Å². The highest BCUT2D eigenvalue weighted by molar-refractivity contribution is 5.89. The Morgan fingerprint density at radius 2 is 1.54 bits per heavy atom. The highest BCUT2D eigenvalue weighted by atomic mass is 16.5. The van der Waals surface area contributed by atoms with Crippen LogP contribution in [0.25, 0.3) is 0 Å². The Morgan fingerprint density at radius 1 is 0.893 bits per heavy atom. The zero-order valence-corrected chi connectivity index (χ0v) is 17.5. The SMILES string of the molecule is CO[C@H]1CC[C@@H]2CCNC(=O)[C@H](C)NC(=O)[C@@H](N)[C@H]3CC[C@H](OC)[C@@H](C3)[C@@H]1C2. The van der Waals surface area contributed by atoms with Gasteiger partial charge in [-0.05, 0) is 75.5 Å². The van der Waals surface area contributed by atoms with Gasteiger partial charge in [0, 0.05) is 20.8 Å². The third-order valence-electron chi connectivity index (χ3n) is 7.39. The highest BCUT2D eigenvalue weighted by Gasteiger charge is 2.44. The predicted molar refractivity (Wildman–Crippen MR) is 106 cm³/mol. The van der Waals surface area contributed by atoms with E-state index in [-0.39, 0.29) is 29.9 Å². The van der Waals surface area contributed by atoms with Crippen molar-refractivity contribution in [1.29, 1.82) is 0 Å². The first-order chi connectivity index (χ1) is 13.4. The molecule has 3 rings (SSSR count). The Bertz CT molecular complexity index is 558. The van der Waals surface area contributed by atoms with Gasteiger partial charge in [-0.15, -0.1) is 0 Å². The van der Waals surface area contributed by atoms with Crippen LogP contribution in [0.4, 0.5) is 0 Å². The van der Waals surface area contributed by atoms with Gasteiger partial charge in [0.05, 0.1) is 18.2 Å². The van der Waals surface area contributed by atoms with Crippen molar-refractivity contribution in [2.45, 2.75) is 76.2 Å². The monoisotopic (exact) mass is 395 g/mol. The lowest BCUT2D eigenvalue weighted by Gasteiger charge is -2.46. The van der Waals surface area contributed by atoms with Gasteiger partial charge in [-0.25, -0.2) is 0 Å². The quantitative estimate of drug-likeness (QED) is 0.652. The van der Waals surface area contributed by atoms with E-state index in [2.05, 4.69) is 10.6 Å². The molecule has 4 N–H and O–H groups in total. The van der Waals surface area contributed by atoms with Crippen molar-refractivity contribution in [2.24, 2.45) is 29.4 Å². The molecule has 7 heteroatoms. The Kier molecular flexibility index (Phi) is 7.34. The lowest BCUT2D eigenvalue weighted by atomic mass is 9.64. The summed E-state index contributed by atoms with van der Waals surface area (Å²) in [5, 5.41) is 5.77. The summed E-state index contributed by atoms with van der Waals surface area (Å²) >= 11 is 0. The van der Waals surface area contributed by atoms with Gasteiger partial charge in [-0.1, -0.05) is 0 Å². The van der Waals surface area contributed by atoms with Crippen LogP contribution in [0.3, 0.4) is 0 Å². The maximum absolute atomic E-state index is 12.7. The molecule has 0 aromatic rings. The number of rotatable bonds is 2. The summed E-state index contributed by atoms with van der Waals surface area (Å²) in [4.78, 5) is 25.0. The summed E-state index contributed by atoms with van der Waals surface area (Å²) in [6, 6.07) is -1.16. The van der Waals surface area contributed by atoms with Gasteiger partial charge in [-0.3, -0.25) is 9.59 Å². The van der Waals surface area contributed by atoms with Gasteiger partial charge in [-0.2, -0.15) is 0 Å². The van der Waals surface area contributed by atoms with Crippen LogP contribution in [-0.2, 0) is 19.1 Å². The molecule has 2 saturated carbocycles. The molecule has 7 nitrogen and oxygen atoms in total. The van der Waals surface area contributed by atoms with Crippen LogP contribution >= 0.6 is 0 Å². The van der Waals surface area contributed by atoms with Crippen molar-refractivity contribution in [3.05, 3.63) is 0 Å². The largest absolute Gasteiger partial charge is 0.381 e. The first kappa shape index (κ1) is 21.5. The van der Waals surface area contributed by atoms with Gasteiger partial charge in [0.2, 0.25) is 11.8 Å². The minimum Gasteiger partial charge on any atom is -0.381 e. The zero-order chi connectivity index (χ0) is 20.3. The molecule has 3 aliphatic rings. The molecule has 28 heavy (non-hydrogen) atoms. The van der Waals surface area contributed by atoms with Crippen LogP contribution in [0, 0.1) is 23.7 Å². The molecule has 0 spiro atoms. The number of hydrogen-bond acceptors (Lipinski definition) is 5. The summed E-state index contributed by atoms with van der Waals surface area (Å²) in [6.45, 7) is 2.36. The van der Waals surface area contributed by atoms with Crippen molar-refractivity contribution in [3.8, 4) is 0 Å². The molecule has 2 aliphatic carbocycles. The lowest BCUT2D eigenvalue weighted by molar-refractivity contribution is -0.131. The van der Waals surface area contributed by atoms with E-state index < -0.39 is 12.1 Å². The molecule has 0 unspecified atom stereocenters. The van der Waals surface area contributed by atoms with E-state index in [9.17, 15) is 9.59 Å². The number of carbonyl (C=O) groups excluding carboxylic acids is 2. The number of carbonyl (C=O) groups is 2. The standard InChI is InChI=1S/C21H37N3O4/c1-12-20(25)23-9-8-13-4-6-17(27-2)15(10-13)16-11-14(5-7-18(16)28-3)19(22)21(26)24-12/h12-19H,4-11,22H2,1-3H3,(H,23,25)(H,24,26)/t12-,13+,14-,15-,16-,17-,18-,19-/m0/s1. The molecule has 160 valence electrons. The van der Waals surface area contributed by atoms with Crippen molar-refractivity contribution >= 4 is 11.8 Å². The number of ether oxygens (including phenoxy) is 2. The average Bonchev–Trinajstić information content (AvgIpc) is 2.71. The number of fused-ring (bicyclic) bond motifs is 5. The first-order valence-electron chi connectivity index (χ1n) is 10.8. The number of nitrogens with one attached hydrogen (secondary N) is 2. The predicted octanol–water partition coefficient (Wildman–Crippen LogP) is 1.20. The highest BCUT2D eigenvalue weighted by Crippen LogP contribution is 2.45. The van der Waals surface area contributed by atoms with Crippen LogP contribution in [0.2, 0.25) is 0 Å². The van der Waals surface area contributed by atoms with Crippen LogP contribution in [0.1, 0.15) is 51.9 Å². The molecule has 3 fully saturated rings. The molecular weight excluding hydrogens is 358 g/mol. The van der Waals surface area contributed by atoms with Crippen LogP contribution in [0.5, 0.6) is 0 Å². The second kappa shape index (κ2) is 9.55. The van der Waals surface area contributed by atoms with Crippen molar-refractivity contribution in [2.75, 3.05) is 20.8 Å². The molecule has 1 aliphatic heterocycles. The molecule has 0 radical (unpaired) electrons. The van der Waals surface area contributed by atoms with Crippen LogP contribution in [-0.4, -0.2) is 56.9 Å². The normalized spacial score (nSPS) is 42.9. The summed E-state index contributed by atoms with van der Waals surface area (Å²) in [6.07, 6.45) is 7.31. The maximum Gasteiger partial charge on any atom is 0.242 e. The Hall–Kier alpha value is -1.18. The van der Waals surface area contributed by atoms with Crippen molar-refractivity contribution in [3.63, 3.8) is 0 Å². The van der Waals surface area contributed by atoms with E-state index in [0.29, 0.717) is 24.3 Å². The first-order valence-corrected chi connectivity index (χ1v) is 10.8. The molecule has 8 atom stereocenters. The minimum absolute atomic E-state index is 0.104. The molecule has 1 heterocycles. The summed E-state index contributed by atoms with van der Waals surface area (Å²) in [5.74, 6) is 1.07. The molecule has 2 amide bonds. The summed E-state index contributed by atoms with van der Waals surface area (Å²) < 4.78 is 11.7. The van der Waals surface area contributed by atoms with E-state index >= 15 is 0 Å². The Balaban J connectivity index is 1.85. The summed E-state index contributed by atoms with van der Waals surface area (Å²) in [7, 11) is 3.60. The number of methoxy groups -OCH3 is 2. The third-order valence-corrected chi connectivity index (χ3v) is 7.39. The van der Waals surface area contributed by atoms with Gasteiger partial charge >= 0.3 is 0 Å². The van der Waals surface area contributed by atoms with E-state index in [1.165, 1.54) is 0 Å². The van der Waals surface area contributed by atoms with E-state index in [4.69, 9.17) is 15.2 Å². The number of hydrogen-bond donors (Lipinski definition) is 3. The van der Waals surface area contributed by atoms with E-state index in [0.717, 1.165) is 44.9 Å². The molecular formula is C21H37N3O4. The van der Waals surface area contributed by atoms with Gasteiger partial charge in [0.15, 0.2) is 0 Å². The number of nitrogens with two attached hydrogens (primary N) is 1. The fourth-order valence-electron chi connectivity index (χ4n) is 5.70. The Labute approximate surface area is 168 Å². The topological polar surface area (TPSA) is 103 Å². The fraction of sp³-hybridized carbons (Fsp3) is 0.905. The van der Waals surface area contributed by atoms with Crippen molar-refractivity contribution < 1.29 is 19.1 Å². The second-order valence-corrected chi connectivity index (χ2v) is 8.96. The second-order valence-electron chi connectivity index (χ2n) is 8.96. The van der Waals surface area contributed by atoms with Crippen LogP contribution in [0.15, 0.2) is 0 Å².